The van der Waals surface area contributed by atoms with Gasteiger partial charge in [-0.05, 0) is 30.4 Å². The Morgan fingerprint density at radius 2 is 1.42 bits per heavy atom. The molecule has 2 fully saturated rings. The summed E-state index contributed by atoms with van der Waals surface area (Å²) in [5, 5.41) is 0. The molecule has 2 aliphatic carbocycles. The van der Waals surface area contributed by atoms with Crippen molar-refractivity contribution in [3.8, 4) is 0 Å². The molecular formula is C22H17NO3. The molecule has 2 aromatic carbocycles. The minimum Gasteiger partial charge on any atom is -0.289 e. The van der Waals surface area contributed by atoms with Crippen molar-refractivity contribution in [3.63, 3.8) is 0 Å². The lowest BCUT2D eigenvalue weighted by Crippen LogP contribution is -2.33. The lowest BCUT2D eigenvalue weighted by atomic mass is 9.85. The molecule has 0 aromatic heterocycles. The molecule has 4 atom stereocenters. The van der Waals surface area contributed by atoms with E-state index < -0.39 is 0 Å². The molecule has 0 radical (unpaired) electrons. The number of allylic oxidation sites excluding steroid dienone is 2. The second kappa shape index (κ2) is 5.49. The summed E-state index contributed by atoms with van der Waals surface area (Å²) in [4.78, 5) is 39.8. The van der Waals surface area contributed by atoms with Gasteiger partial charge in [0, 0.05) is 11.1 Å². The number of ketones is 1. The first-order chi connectivity index (χ1) is 12.6. The highest BCUT2D eigenvalue weighted by atomic mass is 16.2. The van der Waals surface area contributed by atoms with Gasteiger partial charge in [-0.2, -0.15) is 0 Å². The van der Waals surface area contributed by atoms with Gasteiger partial charge in [0.05, 0.1) is 17.5 Å². The van der Waals surface area contributed by atoms with Crippen molar-refractivity contribution in [2.45, 2.75) is 6.42 Å². The van der Waals surface area contributed by atoms with Gasteiger partial charge in [-0.25, -0.2) is 4.90 Å². The maximum atomic E-state index is 12.9. The Labute approximate surface area is 151 Å². The van der Waals surface area contributed by atoms with Crippen LogP contribution in [0.25, 0.3) is 0 Å². The van der Waals surface area contributed by atoms with Gasteiger partial charge >= 0.3 is 0 Å². The molecule has 26 heavy (non-hydrogen) atoms. The van der Waals surface area contributed by atoms with Crippen LogP contribution in [-0.2, 0) is 9.59 Å². The molecule has 2 aromatic rings. The van der Waals surface area contributed by atoms with Gasteiger partial charge in [0.1, 0.15) is 0 Å². The molecule has 1 heterocycles. The van der Waals surface area contributed by atoms with Crippen LogP contribution in [0.3, 0.4) is 0 Å². The zero-order valence-corrected chi connectivity index (χ0v) is 14.0. The second-order valence-electron chi connectivity index (χ2n) is 7.26. The third-order valence-corrected chi connectivity index (χ3v) is 5.87. The SMILES string of the molecule is O=C(c1ccccc1)c1cccc(N2C(=O)[C@H]3[C@H](C2=O)[C@H]2C=C[C@H]3C2)c1. The van der Waals surface area contributed by atoms with Crippen LogP contribution in [0.2, 0.25) is 0 Å². The highest BCUT2D eigenvalue weighted by Crippen LogP contribution is 2.53. The van der Waals surface area contributed by atoms with Crippen molar-refractivity contribution in [2.24, 2.45) is 23.7 Å². The van der Waals surface area contributed by atoms with Crippen molar-refractivity contribution in [1.82, 2.24) is 0 Å². The van der Waals surface area contributed by atoms with Crippen LogP contribution < -0.4 is 4.90 Å². The summed E-state index contributed by atoms with van der Waals surface area (Å²) in [7, 11) is 0. The molecule has 1 saturated heterocycles. The first-order valence-corrected chi connectivity index (χ1v) is 8.91. The molecule has 2 bridgehead atoms. The Bertz CT molecular complexity index is 932. The maximum Gasteiger partial charge on any atom is 0.238 e. The van der Waals surface area contributed by atoms with Crippen LogP contribution >= 0.6 is 0 Å². The number of anilines is 1. The highest BCUT2D eigenvalue weighted by molar-refractivity contribution is 6.23. The molecule has 3 aliphatic rings. The summed E-state index contributed by atoms with van der Waals surface area (Å²) in [5.41, 5.74) is 1.56. The topological polar surface area (TPSA) is 54.5 Å². The molecule has 0 unspecified atom stereocenters. The van der Waals surface area contributed by atoms with Crippen LogP contribution in [0.5, 0.6) is 0 Å². The maximum absolute atomic E-state index is 12.9. The Balaban J connectivity index is 1.49. The number of fused-ring (bicyclic) bond motifs is 5. The fourth-order valence-corrected chi connectivity index (χ4v) is 4.70. The molecule has 2 amide bonds. The zero-order chi connectivity index (χ0) is 17.8. The smallest absolute Gasteiger partial charge is 0.238 e. The quantitative estimate of drug-likeness (QED) is 0.488. The Morgan fingerprint density at radius 1 is 0.808 bits per heavy atom. The lowest BCUT2D eigenvalue weighted by Gasteiger charge is -2.18. The highest BCUT2D eigenvalue weighted by Gasteiger charge is 2.59. The van der Waals surface area contributed by atoms with E-state index in [9.17, 15) is 14.4 Å². The van der Waals surface area contributed by atoms with Crippen molar-refractivity contribution in [3.05, 3.63) is 77.9 Å². The molecule has 5 rings (SSSR count). The van der Waals surface area contributed by atoms with E-state index in [0.29, 0.717) is 16.8 Å². The predicted octanol–water partition coefficient (Wildman–Crippen LogP) is 3.23. The van der Waals surface area contributed by atoms with Crippen molar-refractivity contribution in [2.75, 3.05) is 4.90 Å². The van der Waals surface area contributed by atoms with Crippen LogP contribution in [0.1, 0.15) is 22.3 Å². The molecule has 4 nitrogen and oxygen atoms in total. The van der Waals surface area contributed by atoms with Crippen LogP contribution in [0.4, 0.5) is 5.69 Å². The first kappa shape index (κ1) is 15.3. The van der Waals surface area contributed by atoms with E-state index in [2.05, 4.69) is 12.2 Å². The number of hydrogen-bond acceptors (Lipinski definition) is 3. The van der Waals surface area contributed by atoms with Crippen molar-refractivity contribution in [1.29, 1.82) is 0 Å². The standard InChI is InChI=1S/C22H17NO3/c24-20(13-5-2-1-3-6-13)16-7-4-8-17(12-16)23-21(25)18-14-9-10-15(11-14)19(18)22(23)26/h1-10,12,14-15,18-19H,11H2/t14-,15-,18+,19+/m0/s1. The normalized spacial score (nSPS) is 28.7. The van der Waals surface area contributed by atoms with Gasteiger partial charge < -0.3 is 0 Å². The first-order valence-electron chi connectivity index (χ1n) is 8.91. The van der Waals surface area contributed by atoms with Crippen LogP contribution in [-0.4, -0.2) is 17.6 Å². The van der Waals surface area contributed by atoms with E-state index in [1.165, 1.54) is 4.90 Å². The van der Waals surface area contributed by atoms with Gasteiger partial charge in [-0.3, -0.25) is 14.4 Å². The summed E-state index contributed by atoms with van der Waals surface area (Å²) in [6, 6.07) is 15.8. The average Bonchev–Trinajstić information content (AvgIpc) is 3.36. The fraction of sp³-hybridized carbons (Fsp3) is 0.227. The predicted molar refractivity (Wildman–Crippen MR) is 96.5 cm³/mol. The largest absolute Gasteiger partial charge is 0.289 e. The number of carbonyl (C=O) groups is 3. The van der Waals surface area contributed by atoms with Crippen LogP contribution in [0.15, 0.2) is 66.7 Å². The molecule has 0 N–H and O–H groups in total. The van der Waals surface area contributed by atoms with E-state index in [-0.39, 0.29) is 41.3 Å². The average molecular weight is 343 g/mol. The third kappa shape index (κ3) is 2.05. The minimum atomic E-state index is -0.231. The van der Waals surface area contributed by atoms with Gasteiger partial charge in [0.25, 0.3) is 0 Å². The summed E-state index contributed by atoms with van der Waals surface area (Å²) < 4.78 is 0. The Kier molecular flexibility index (Phi) is 3.23. The number of nitrogens with zero attached hydrogens (tertiary/aromatic N) is 1. The Hall–Kier alpha value is -3.01. The summed E-state index contributed by atoms with van der Waals surface area (Å²) in [6.45, 7) is 0. The van der Waals surface area contributed by atoms with Gasteiger partial charge in [0.2, 0.25) is 11.8 Å². The summed E-state index contributed by atoms with van der Waals surface area (Å²) in [5.74, 6) is -0.464. The molecule has 128 valence electrons. The second-order valence-corrected chi connectivity index (χ2v) is 7.26. The molecule has 1 aliphatic heterocycles. The number of benzene rings is 2. The van der Waals surface area contributed by atoms with Crippen molar-refractivity contribution < 1.29 is 14.4 Å². The fourth-order valence-electron chi connectivity index (χ4n) is 4.70. The van der Waals surface area contributed by atoms with E-state index >= 15 is 0 Å². The number of carbonyl (C=O) groups excluding carboxylic acids is 3. The molecular weight excluding hydrogens is 326 g/mol. The number of imide groups is 1. The molecule has 0 spiro atoms. The van der Waals surface area contributed by atoms with Gasteiger partial charge in [-0.1, -0.05) is 54.6 Å². The Morgan fingerprint density at radius 3 is 2.08 bits per heavy atom. The van der Waals surface area contributed by atoms with E-state index in [1.807, 2.05) is 18.2 Å². The van der Waals surface area contributed by atoms with E-state index in [1.54, 1.807) is 36.4 Å². The van der Waals surface area contributed by atoms with E-state index in [4.69, 9.17) is 0 Å². The van der Waals surface area contributed by atoms with Crippen molar-refractivity contribution >= 4 is 23.3 Å². The summed E-state index contributed by atoms with van der Waals surface area (Å²) >= 11 is 0. The lowest BCUT2D eigenvalue weighted by molar-refractivity contribution is -0.123. The number of hydrogen-bond donors (Lipinski definition) is 0. The van der Waals surface area contributed by atoms with Gasteiger partial charge in [-0.15, -0.1) is 0 Å². The minimum absolute atomic E-state index is 0.117. The monoisotopic (exact) mass is 343 g/mol. The molecule has 1 saturated carbocycles. The summed E-state index contributed by atoms with van der Waals surface area (Å²) in [6.07, 6.45) is 5.07. The van der Waals surface area contributed by atoms with Gasteiger partial charge in [0.15, 0.2) is 5.78 Å². The van der Waals surface area contributed by atoms with E-state index in [0.717, 1.165) is 6.42 Å². The zero-order valence-electron chi connectivity index (χ0n) is 14.0. The third-order valence-electron chi connectivity index (χ3n) is 5.87. The van der Waals surface area contributed by atoms with Crippen LogP contribution in [0, 0.1) is 23.7 Å². The molecule has 4 heteroatoms. The number of rotatable bonds is 3. The number of amides is 2.